The smallest absolute Gasteiger partial charge is 0.226 e. The fourth-order valence-corrected chi connectivity index (χ4v) is 3.23. The molecule has 2 fully saturated rings. The van der Waals surface area contributed by atoms with E-state index in [9.17, 15) is 0 Å². The molecule has 5 nitrogen and oxygen atoms in total. The van der Waals surface area contributed by atoms with E-state index in [0.717, 1.165) is 43.7 Å². The molecule has 2 heterocycles. The number of aromatic nitrogens is 2. The number of nitrogens with zero attached hydrogens (tertiary/aromatic N) is 3. The van der Waals surface area contributed by atoms with Gasteiger partial charge in [0.2, 0.25) is 5.89 Å². The molecule has 1 aliphatic carbocycles. The zero-order valence-electron chi connectivity index (χ0n) is 12.2. The third-order valence-corrected chi connectivity index (χ3v) is 4.53. The van der Waals surface area contributed by atoms with E-state index in [4.69, 9.17) is 4.52 Å². The van der Waals surface area contributed by atoms with Crippen molar-refractivity contribution in [2.24, 2.45) is 5.92 Å². The number of hydrogen-bond donors (Lipinski definition) is 1. The van der Waals surface area contributed by atoms with E-state index < -0.39 is 0 Å². The molecule has 0 radical (unpaired) electrons. The quantitative estimate of drug-likeness (QED) is 0.924. The topological polar surface area (TPSA) is 54.2 Å². The summed E-state index contributed by atoms with van der Waals surface area (Å²) in [5.41, 5.74) is 0. The number of hydrogen-bond acceptors (Lipinski definition) is 5. The largest absolute Gasteiger partial charge is 0.339 e. The third kappa shape index (κ3) is 3.71. The Morgan fingerprint density at radius 3 is 2.90 bits per heavy atom. The minimum atomic E-state index is 0. The van der Waals surface area contributed by atoms with Crippen LogP contribution in [0.5, 0.6) is 0 Å². The van der Waals surface area contributed by atoms with Gasteiger partial charge in [-0.1, -0.05) is 30.8 Å². The van der Waals surface area contributed by atoms with Crippen LogP contribution in [0.2, 0.25) is 0 Å². The van der Waals surface area contributed by atoms with Gasteiger partial charge in [0.05, 0.1) is 6.04 Å². The second-order valence-corrected chi connectivity index (χ2v) is 5.94. The molecule has 6 heteroatoms. The van der Waals surface area contributed by atoms with Gasteiger partial charge in [0, 0.05) is 26.1 Å². The number of rotatable bonds is 4. The van der Waals surface area contributed by atoms with Crippen molar-refractivity contribution in [2.45, 2.75) is 44.6 Å². The van der Waals surface area contributed by atoms with Crippen molar-refractivity contribution in [3.05, 3.63) is 11.7 Å². The average molecular weight is 301 g/mol. The molecule has 114 valence electrons. The van der Waals surface area contributed by atoms with Crippen LogP contribution in [0.3, 0.4) is 0 Å². The van der Waals surface area contributed by atoms with Gasteiger partial charge in [-0.05, 0) is 19.4 Å². The van der Waals surface area contributed by atoms with E-state index in [1.54, 1.807) is 0 Å². The van der Waals surface area contributed by atoms with Crippen LogP contribution in [0.4, 0.5) is 0 Å². The van der Waals surface area contributed by atoms with Gasteiger partial charge in [-0.2, -0.15) is 4.98 Å². The van der Waals surface area contributed by atoms with Gasteiger partial charge in [-0.25, -0.2) is 0 Å². The molecule has 3 rings (SSSR count). The highest BCUT2D eigenvalue weighted by Gasteiger charge is 2.25. The molecule has 1 N–H and O–H groups in total. The summed E-state index contributed by atoms with van der Waals surface area (Å²) in [5.74, 6) is 2.55. The van der Waals surface area contributed by atoms with E-state index in [1.807, 2.05) is 0 Å². The Bertz CT molecular complexity index is 406. The SMILES string of the molecule is CN1CCNCC1c1noc(CCC2CCCC2)n1.Cl. The van der Waals surface area contributed by atoms with Crippen molar-refractivity contribution in [1.29, 1.82) is 0 Å². The molecule has 0 spiro atoms. The van der Waals surface area contributed by atoms with Gasteiger partial charge in [-0.3, -0.25) is 4.90 Å². The first kappa shape index (κ1) is 15.7. The molecule has 1 aromatic heterocycles. The fraction of sp³-hybridized carbons (Fsp3) is 0.857. The minimum absolute atomic E-state index is 0. The molecular weight excluding hydrogens is 276 g/mol. The Morgan fingerprint density at radius 2 is 2.15 bits per heavy atom. The molecule has 0 amide bonds. The summed E-state index contributed by atoms with van der Waals surface area (Å²) >= 11 is 0. The normalized spacial score (nSPS) is 24.8. The summed E-state index contributed by atoms with van der Waals surface area (Å²) < 4.78 is 5.41. The van der Waals surface area contributed by atoms with Crippen molar-refractivity contribution in [3.63, 3.8) is 0 Å². The number of likely N-dealkylation sites (N-methyl/N-ethyl adjacent to an activating group) is 1. The zero-order valence-corrected chi connectivity index (χ0v) is 13.0. The molecule has 1 atom stereocenters. The molecule has 0 aromatic carbocycles. The van der Waals surface area contributed by atoms with Gasteiger partial charge in [0.1, 0.15) is 0 Å². The van der Waals surface area contributed by atoms with Crippen molar-refractivity contribution >= 4 is 12.4 Å². The van der Waals surface area contributed by atoms with Crippen molar-refractivity contribution in [1.82, 2.24) is 20.4 Å². The van der Waals surface area contributed by atoms with Crippen molar-refractivity contribution in [2.75, 3.05) is 26.7 Å². The lowest BCUT2D eigenvalue weighted by atomic mass is 10.0. The fourth-order valence-electron chi connectivity index (χ4n) is 3.23. The average Bonchev–Trinajstić information content (AvgIpc) is 3.08. The molecule has 0 bridgehead atoms. The maximum absolute atomic E-state index is 5.41. The first-order chi connectivity index (χ1) is 9.33. The highest BCUT2D eigenvalue weighted by Crippen LogP contribution is 2.28. The molecule has 1 saturated heterocycles. The van der Waals surface area contributed by atoms with Crippen LogP contribution in [-0.2, 0) is 6.42 Å². The van der Waals surface area contributed by atoms with Crippen LogP contribution >= 0.6 is 12.4 Å². The molecule has 1 saturated carbocycles. The highest BCUT2D eigenvalue weighted by molar-refractivity contribution is 5.85. The highest BCUT2D eigenvalue weighted by atomic mass is 35.5. The van der Waals surface area contributed by atoms with Crippen LogP contribution in [0, 0.1) is 5.92 Å². The van der Waals surface area contributed by atoms with Gasteiger partial charge in [-0.15, -0.1) is 12.4 Å². The summed E-state index contributed by atoms with van der Waals surface area (Å²) in [4.78, 5) is 6.88. The zero-order chi connectivity index (χ0) is 13.1. The van der Waals surface area contributed by atoms with Gasteiger partial charge >= 0.3 is 0 Å². The van der Waals surface area contributed by atoms with Crippen LogP contribution in [0.25, 0.3) is 0 Å². The molecule has 1 unspecified atom stereocenters. The maximum Gasteiger partial charge on any atom is 0.226 e. The van der Waals surface area contributed by atoms with Crippen LogP contribution in [0.1, 0.15) is 49.9 Å². The number of aryl methyl sites for hydroxylation is 1. The van der Waals surface area contributed by atoms with Gasteiger partial charge < -0.3 is 9.84 Å². The molecule has 2 aliphatic rings. The third-order valence-electron chi connectivity index (χ3n) is 4.53. The Kier molecular flexibility index (Phi) is 5.81. The van der Waals surface area contributed by atoms with Crippen molar-refractivity contribution < 1.29 is 4.52 Å². The Morgan fingerprint density at radius 1 is 1.35 bits per heavy atom. The van der Waals surface area contributed by atoms with Gasteiger partial charge in [0.15, 0.2) is 5.82 Å². The summed E-state index contributed by atoms with van der Waals surface area (Å²) in [5, 5.41) is 7.55. The Labute approximate surface area is 126 Å². The summed E-state index contributed by atoms with van der Waals surface area (Å²) in [6, 6.07) is 0.262. The standard InChI is InChI=1S/C14H24N4O.ClH/c1-18-9-8-15-10-12(18)14-16-13(19-17-14)7-6-11-4-2-3-5-11;/h11-12,15H,2-10H2,1H3;1H. The van der Waals surface area contributed by atoms with Crippen molar-refractivity contribution in [3.8, 4) is 0 Å². The van der Waals surface area contributed by atoms with Gasteiger partial charge in [0.25, 0.3) is 0 Å². The number of halogens is 1. The first-order valence-electron chi connectivity index (χ1n) is 7.56. The second-order valence-electron chi connectivity index (χ2n) is 5.94. The van der Waals surface area contributed by atoms with E-state index in [2.05, 4.69) is 27.4 Å². The summed E-state index contributed by atoms with van der Waals surface area (Å²) in [6.45, 7) is 2.99. The number of nitrogens with one attached hydrogen (secondary N) is 1. The monoisotopic (exact) mass is 300 g/mol. The lowest BCUT2D eigenvalue weighted by Crippen LogP contribution is -2.44. The molecular formula is C14H25ClN4O. The minimum Gasteiger partial charge on any atom is -0.339 e. The molecule has 1 aliphatic heterocycles. The summed E-state index contributed by atoms with van der Waals surface area (Å²) in [7, 11) is 2.13. The van der Waals surface area contributed by atoms with E-state index in [1.165, 1.54) is 32.1 Å². The number of piperazine rings is 1. The Hall–Kier alpha value is -0.650. The predicted molar refractivity (Wildman–Crippen MR) is 80.1 cm³/mol. The van der Waals surface area contributed by atoms with Crippen LogP contribution in [0.15, 0.2) is 4.52 Å². The predicted octanol–water partition coefficient (Wildman–Crippen LogP) is 2.19. The summed E-state index contributed by atoms with van der Waals surface area (Å²) in [6.07, 6.45) is 7.73. The molecule has 20 heavy (non-hydrogen) atoms. The first-order valence-corrected chi connectivity index (χ1v) is 7.56. The lowest BCUT2D eigenvalue weighted by Gasteiger charge is -2.30. The van der Waals surface area contributed by atoms with E-state index in [0.29, 0.717) is 0 Å². The Balaban J connectivity index is 0.00000147. The van der Waals surface area contributed by atoms with E-state index in [-0.39, 0.29) is 18.4 Å². The second kappa shape index (κ2) is 7.38. The van der Waals surface area contributed by atoms with Crippen LogP contribution in [-0.4, -0.2) is 41.7 Å². The lowest BCUT2D eigenvalue weighted by molar-refractivity contribution is 0.190. The maximum atomic E-state index is 5.41. The van der Waals surface area contributed by atoms with Crippen LogP contribution < -0.4 is 5.32 Å². The van der Waals surface area contributed by atoms with E-state index >= 15 is 0 Å². The molecule has 1 aromatic rings.